The number of carbonyl (C=O) groups is 2. The third-order valence-corrected chi connectivity index (χ3v) is 4.10. The molecule has 0 spiro atoms. The molecule has 0 fully saturated rings. The van der Waals surface area contributed by atoms with Crippen molar-refractivity contribution in [3.8, 4) is 5.75 Å². The highest BCUT2D eigenvalue weighted by atomic mass is 19.4. The minimum absolute atomic E-state index is 0.0442. The van der Waals surface area contributed by atoms with E-state index in [9.17, 15) is 33.0 Å². The Labute approximate surface area is 153 Å². The van der Waals surface area contributed by atoms with Crippen molar-refractivity contribution >= 4 is 17.4 Å². The minimum atomic E-state index is -4.56. The predicted molar refractivity (Wildman–Crippen MR) is 91.1 cm³/mol. The number of aromatic hydroxyl groups is 1. The standard InChI is InChI=1S/C17H20F3N3O4/c1-4-10(17(18,19)20)22-12-11(14(25)15(12)26)21-9-7-5-6-8(13(9)24)16(27)23(2)3/h5-7,10,15,21-22,24,26H,4H2,1-3H3. The number of nitrogens with one attached hydrogen (secondary N) is 2. The van der Waals surface area contributed by atoms with Crippen molar-refractivity contribution in [2.75, 3.05) is 19.4 Å². The number of carbonyl (C=O) groups excluding carboxylic acids is 2. The van der Waals surface area contributed by atoms with Gasteiger partial charge >= 0.3 is 6.18 Å². The lowest BCUT2D eigenvalue weighted by molar-refractivity contribution is -0.156. The first-order chi connectivity index (χ1) is 12.5. The molecule has 148 valence electrons. The van der Waals surface area contributed by atoms with Crippen molar-refractivity contribution < 1.29 is 33.0 Å². The van der Waals surface area contributed by atoms with E-state index in [0.717, 1.165) is 0 Å². The van der Waals surface area contributed by atoms with E-state index in [-0.39, 0.29) is 29.1 Å². The van der Waals surface area contributed by atoms with Crippen molar-refractivity contribution in [3.05, 3.63) is 35.2 Å². The zero-order chi connectivity index (χ0) is 20.5. The molecule has 0 aliphatic heterocycles. The average Bonchev–Trinajstić information content (AvgIpc) is 2.60. The smallest absolute Gasteiger partial charge is 0.408 e. The third-order valence-electron chi connectivity index (χ3n) is 4.10. The molecule has 2 rings (SSSR count). The molecule has 0 saturated carbocycles. The number of alkyl halides is 3. The molecule has 0 radical (unpaired) electrons. The van der Waals surface area contributed by atoms with Gasteiger partial charge in [0.15, 0.2) is 11.9 Å². The van der Waals surface area contributed by atoms with Crippen LogP contribution in [-0.4, -0.2) is 59.2 Å². The Morgan fingerprint density at radius 3 is 2.48 bits per heavy atom. The van der Waals surface area contributed by atoms with Crippen LogP contribution in [0.15, 0.2) is 29.6 Å². The van der Waals surface area contributed by atoms with Gasteiger partial charge in [-0.15, -0.1) is 0 Å². The van der Waals surface area contributed by atoms with Crippen LogP contribution in [0.3, 0.4) is 0 Å². The molecule has 10 heteroatoms. The average molecular weight is 387 g/mol. The molecule has 1 aliphatic rings. The molecule has 0 saturated heterocycles. The topological polar surface area (TPSA) is 102 Å². The van der Waals surface area contributed by atoms with Gasteiger partial charge in [0.2, 0.25) is 5.78 Å². The summed E-state index contributed by atoms with van der Waals surface area (Å²) in [5, 5.41) is 24.6. The van der Waals surface area contributed by atoms with Gasteiger partial charge in [0.05, 0.1) is 16.9 Å². The van der Waals surface area contributed by atoms with Crippen LogP contribution in [0.4, 0.5) is 18.9 Å². The number of aliphatic hydroxyl groups excluding tert-OH is 1. The molecule has 0 aromatic heterocycles. The first-order valence-electron chi connectivity index (χ1n) is 8.09. The number of hydrogen-bond donors (Lipinski definition) is 4. The number of phenolic OH excluding ortho intramolecular Hbond substituents is 1. The quantitative estimate of drug-likeness (QED) is 0.553. The number of ketones is 1. The number of rotatable bonds is 6. The molecule has 1 aliphatic carbocycles. The van der Waals surface area contributed by atoms with Crippen molar-refractivity contribution in [2.45, 2.75) is 31.7 Å². The summed E-state index contributed by atoms with van der Waals surface area (Å²) < 4.78 is 38.8. The lowest BCUT2D eigenvalue weighted by atomic mass is 9.93. The summed E-state index contributed by atoms with van der Waals surface area (Å²) in [7, 11) is 2.97. The highest BCUT2D eigenvalue weighted by Crippen LogP contribution is 2.34. The molecule has 27 heavy (non-hydrogen) atoms. The number of nitrogens with zero attached hydrogens (tertiary/aromatic N) is 1. The summed E-state index contributed by atoms with van der Waals surface area (Å²) in [6.45, 7) is 1.31. The van der Waals surface area contributed by atoms with Crippen molar-refractivity contribution in [2.24, 2.45) is 0 Å². The third kappa shape index (κ3) is 4.00. The number of para-hydroxylation sites is 1. The summed E-state index contributed by atoms with van der Waals surface area (Å²) in [5.41, 5.74) is -0.700. The fourth-order valence-electron chi connectivity index (χ4n) is 2.54. The predicted octanol–water partition coefficient (Wildman–Crippen LogP) is 1.59. The molecule has 1 aromatic rings. The summed E-state index contributed by atoms with van der Waals surface area (Å²) in [4.78, 5) is 25.2. The van der Waals surface area contributed by atoms with E-state index >= 15 is 0 Å². The molecule has 7 nitrogen and oxygen atoms in total. The second kappa shape index (κ2) is 7.47. The van der Waals surface area contributed by atoms with Crippen LogP contribution in [0.5, 0.6) is 5.75 Å². The number of Topliss-reactive ketones (excluding diaryl/α,β-unsaturated/α-hetero) is 1. The van der Waals surface area contributed by atoms with Crippen molar-refractivity contribution in [1.82, 2.24) is 10.2 Å². The fraction of sp³-hybridized carbons (Fsp3) is 0.412. The van der Waals surface area contributed by atoms with E-state index in [1.54, 1.807) is 0 Å². The van der Waals surface area contributed by atoms with E-state index < -0.39 is 35.8 Å². The van der Waals surface area contributed by atoms with Crippen LogP contribution < -0.4 is 10.6 Å². The highest BCUT2D eigenvalue weighted by Gasteiger charge is 2.45. The van der Waals surface area contributed by atoms with E-state index in [1.165, 1.54) is 44.1 Å². The van der Waals surface area contributed by atoms with Crippen molar-refractivity contribution in [1.29, 1.82) is 0 Å². The molecule has 4 N–H and O–H groups in total. The molecule has 0 heterocycles. The van der Waals surface area contributed by atoms with E-state index in [4.69, 9.17) is 0 Å². The molecule has 1 aromatic carbocycles. The molecule has 1 amide bonds. The maximum absolute atomic E-state index is 12.9. The van der Waals surface area contributed by atoms with Gasteiger partial charge in [0, 0.05) is 14.1 Å². The fourth-order valence-corrected chi connectivity index (χ4v) is 2.54. The van der Waals surface area contributed by atoms with E-state index in [2.05, 4.69) is 10.6 Å². The summed E-state index contributed by atoms with van der Waals surface area (Å²) in [6, 6.07) is 2.22. The minimum Gasteiger partial charge on any atom is -0.505 e. The van der Waals surface area contributed by atoms with Gasteiger partial charge in [0.25, 0.3) is 5.91 Å². The Morgan fingerprint density at radius 2 is 1.96 bits per heavy atom. The monoisotopic (exact) mass is 387 g/mol. The number of aliphatic hydroxyl groups is 1. The SMILES string of the molecule is CCC(NC1=C(Nc2cccc(C(=O)N(C)C)c2O)C(=O)C1O)C(F)(F)F. The highest BCUT2D eigenvalue weighted by molar-refractivity contribution is 6.11. The van der Waals surface area contributed by atoms with Gasteiger partial charge in [-0.2, -0.15) is 13.2 Å². The van der Waals surface area contributed by atoms with Gasteiger partial charge in [-0.1, -0.05) is 13.0 Å². The molecular weight excluding hydrogens is 367 g/mol. The maximum Gasteiger partial charge on any atom is 0.408 e. The summed E-state index contributed by atoms with van der Waals surface area (Å²) >= 11 is 0. The summed E-state index contributed by atoms with van der Waals surface area (Å²) in [6.07, 6.45) is -6.58. The largest absolute Gasteiger partial charge is 0.505 e. The Morgan fingerprint density at radius 1 is 1.33 bits per heavy atom. The Bertz CT molecular complexity index is 790. The van der Waals surface area contributed by atoms with Gasteiger partial charge in [-0.25, -0.2) is 0 Å². The zero-order valence-corrected chi connectivity index (χ0v) is 14.9. The van der Waals surface area contributed by atoms with Crippen LogP contribution in [0.2, 0.25) is 0 Å². The molecule has 2 atom stereocenters. The first kappa shape index (κ1) is 20.6. The zero-order valence-electron chi connectivity index (χ0n) is 14.9. The number of benzene rings is 1. The van der Waals surface area contributed by atoms with Crippen LogP contribution in [0.25, 0.3) is 0 Å². The Balaban J connectivity index is 2.34. The van der Waals surface area contributed by atoms with Gasteiger partial charge in [-0.3, -0.25) is 9.59 Å². The van der Waals surface area contributed by atoms with Crippen LogP contribution in [0, 0.1) is 0 Å². The Hall–Kier alpha value is -2.75. The number of hydrogen-bond acceptors (Lipinski definition) is 6. The number of amides is 1. The first-order valence-corrected chi connectivity index (χ1v) is 8.09. The van der Waals surface area contributed by atoms with Gasteiger partial charge in [0.1, 0.15) is 11.7 Å². The van der Waals surface area contributed by atoms with E-state index in [1.807, 2.05) is 0 Å². The number of halogens is 3. The number of anilines is 1. The van der Waals surface area contributed by atoms with Gasteiger partial charge in [-0.05, 0) is 18.6 Å². The van der Waals surface area contributed by atoms with Crippen LogP contribution in [0.1, 0.15) is 23.7 Å². The van der Waals surface area contributed by atoms with E-state index in [0.29, 0.717) is 0 Å². The molecule has 2 unspecified atom stereocenters. The maximum atomic E-state index is 12.9. The second-order valence-electron chi connectivity index (χ2n) is 6.23. The van der Waals surface area contributed by atoms with Crippen LogP contribution >= 0.6 is 0 Å². The number of phenols is 1. The van der Waals surface area contributed by atoms with Crippen molar-refractivity contribution in [3.63, 3.8) is 0 Å². The summed E-state index contributed by atoms with van der Waals surface area (Å²) in [5.74, 6) is -1.77. The lowest BCUT2D eigenvalue weighted by Crippen LogP contribution is -2.52. The molecule has 0 bridgehead atoms. The normalized spacial score (nSPS) is 18.0. The molecular formula is C17H20F3N3O4. The Kier molecular flexibility index (Phi) is 5.69. The van der Waals surface area contributed by atoms with Crippen LogP contribution in [-0.2, 0) is 4.79 Å². The lowest BCUT2D eigenvalue weighted by Gasteiger charge is -2.33. The second-order valence-corrected chi connectivity index (χ2v) is 6.23. The van der Waals surface area contributed by atoms with Gasteiger partial charge < -0.3 is 25.7 Å².